The molecule has 2 fully saturated rings. The highest BCUT2D eigenvalue weighted by Gasteiger charge is 2.68. The number of methoxy groups -OCH3 is 2. The lowest BCUT2D eigenvalue weighted by Gasteiger charge is -2.22. The summed E-state index contributed by atoms with van der Waals surface area (Å²) in [5.41, 5.74) is -0.0352. The van der Waals surface area contributed by atoms with Gasteiger partial charge in [0.1, 0.15) is 5.75 Å². The molecule has 22 heavy (non-hydrogen) atoms. The van der Waals surface area contributed by atoms with Crippen LogP contribution in [0, 0.1) is 5.41 Å². The maximum absolute atomic E-state index is 12.8. The predicted octanol–water partition coefficient (Wildman–Crippen LogP) is 1.96. The lowest BCUT2D eigenvalue weighted by molar-refractivity contribution is -0.155. The maximum Gasteiger partial charge on any atom is 0.322 e. The van der Waals surface area contributed by atoms with E-state index >= 15 is 0 Å². The zero-order valence-corrected chi connectivity index (χ0v) is 13.0. The minimum absolute atomic E-state index is 0.0716. The monoisotopic (exact) mass is 303 g/mol. The number of nitrogens with zero attached hydrogens (tertiary/aromatic N) is 1. The fourth-order valence-electron chi connectivity index (χ4n) is 3.44. The number of ether oxygens (including phenoxy) is 2. The molecule has 5 nitrogen and oxygen atoms in total. The van der Waals surface area contributed by atoms with Gasteiger partial charge < -0.3 is 14.4 Å². The summed E-state index contributed by atoms with van der Waals surface area (Å²) in [5.74, 6) is 0.181. The quantitative estimate of drug-likeness (QED) is 0.630. The van der Waals surface area contributed by atoms with Crippen LogP contribution in [0.4, 0.5) is 0 Å². The third-order valence-corrected chi connectivity index (χ3v) is 4.80. The van der Waals surface area contributed by atoms with Gasteiger partial charge in [-0.3, -0.25) is 9.59 Å². The van der Waals surface area contributed by atoms with Crippen molar-refractivity contribution >= 4 is 11.9 Å². The fourth-order valence-corrected chi connectivity index (χ4v) is 3.44. The first kappa shape index (κ1) is 14.9. The Bertz CT molecular complexity index is 577. The second-order valence-corrected chi connectivity index (χ2v) is 5.99. The van der Waals surface area contributed by atoms with Crippen molar-refractivity contribution in [1.29, 1.82) is 0 Å². The van der Waals surface area contributed by atoms with Crippen LogP contribution in [0.1, 0.15) is 30.7 Å². The summed E-state index contributed by atoms with van der Waals surface area (Å²) in [6.45, 7) is 1.49. The average Bonchev–Trinajstić information content (AvgIpc) is 3.08. The molecule has 1 heterocycles. The van der Waals surface area contributed by atoms with Gasteiger partial charge in [-0.05, 0) is 37.0 Å². The molecule has 2 aliphatic rings. The molecule has 1 saturated carbocycles. The van der Waals surface area contributed by atoms with E-state index in [0.29, 0.717) is 6.42 Å². The summed E-state index contributed by atoms with van der Waals surface area (Å²) in [6, 6.07) is 7.56. The Labute approximate surface area is 130 Å². The average molecular weight is 303 g/mol. The SMILES string of the molecule is COC(=O)[C@]1(C(=O)N2CCCC2)C[C@@H]1c1ccc(OC)cc1. The molecule has 0 spiro atoms. The maximum atomic E-state index is 12.8. The van der Waals surface area contributed by atoms with Crippen molar-refractivity contribution in [2.75, 3.05) is 27.3 Å². The summed E-state index contributed by atoms with van der Waals surface area (Å²) >= 11 is 0. The van der Waals surface area contributed by atoms with E-state index in [4.69, 9.17) is 9.47 Å². The van der Waals surface area contributed by atoms with Crippen molar-refractivity contribution in [3.05, 3.63) is 29.8 Å². The van der Waals surface area contributed by atoms with Crippen LogP contribution in [0.2, 0.25) is 0 Å². The summed E-state index contributed by atoms with van der Waals surface area (Å²) in [7, 11) is 2.96. The van der Waals surface area contributed by atoms with Crippen molar-refractivity contribution in [1.82, 2.24) is 4.90 Å². The smallest absolute Gasteiger partial charge is 0.322 e. The topological polar surface area (TPSA) is 55.8 Å². The van der Waals surface area contributed by atoms with Crippen LogP contribution in [0.3, 0.4) is 0 Å². The number of carbonyl (C=O) groups is 2. The van der Waals surface area contributed by atoms with Gasteiger partial charge in [-0.15, -0.1) is 0 Å². The van der Waals surface area contributed by atoms with Crippen LogP contribution in [-0.4, -0.2) is 44.1 Å². The van der Waals surface area contributed by atoms with E-state index in [1.54, 1.807) is 12.0 Å². The number of likely N-dealkylation sites (tertiary alicyclic amines) is 1. The number of hydrogen-bond acceptors (Lipinski definition) is 4. The van der Waals surface area contributed by atoms with Crippen molar-refractivity contribution in [3.63, 3.8) is 0 Å². The fraction of sp³-hybridized carbons (Fsp3) is 0.529. The van der Waals surface area contributed by atoms with Gasteiger partial charge in [0.25, 0.3) is 0 Å². The lowest BCUT2D eigenvalue weighted by atomic mass is 9.97. The number of hydrogen-bond donors (Lipinski definition) is 0. The summed E-state index contributed by atoms with van der Waals surface area (Å²) in [6.07, 6.45) is 2.55. The normalized spacial score (nSPS) is 26.6. The number of carbonyl (C=O) groups excluding carboxylic acids is 2. The van der Waals surface area contributed by atoms with Crippen molar-refractivity contribution in [2.45, 2.75) is 25.2 Å². The van der Waals surface area contributed by atoms with E-state index in [1.165, 1.54) is 7.11 Å². The Balaban J connectivity index is 1.86. The minimum atomic E-state index is -1.02. The molecule has 0 radical (unpaired) electrons. The molecule has 0 bridgehead atoms. The third-order valence-electron chi connectivity index (χ3n) is 4.80. The first-order valence-corrected chi connectivity index (χ1v) is 7.65. The van der Waals surface area contributed by atoms with Gasteiger partial charge in [-0.25, -0.2) is 0 Å². The Kier molecular flexibility index (Phi) is 3.81. The minimum Gasteiger partial charge on any atom is -0.497 e. The Morgan fingerprint density at radius 1 is 1.14 bits per heavy atom. The number of amides is 1. The van der Waals surface area contributed by atoms with Crippen molar-refractivity contribution < 1.29 is 19.1 Å². The van der Waals surface area contributed by atoms with E-state index in [0.717, 1.165) is 37.2 Å². The molecule has 5 heteroatoms. The van der Waals surface area contributed by atoms with E-state index in [1.807, 2.05) is 24.3 Å². The van der Waals surface area contributed by atoms with Crippen LogP contribution < -0.4 is 4.74 Å². The Morgan fingerprint density at radius 2 is 1.77 bits per heavy atom. The van der Waals surface area contributed by atoms with Crippen LogP contribution in [0.15, 0.2) is 24.3 Å². The molecule has 3 rings (SSSR count). The zero-order chi connectivity index (χ0) is 15.7. The molecule has 1 saturated heterocycles. The second-order valence-electron chi connectivity index (χ2n) is 5.99. The van der Waals surface area contributed by atoms with Crippen molar-refractivity contribution in [3.8, 4) is 5.75 Å². The third kappa shape index (κ3) is 2.25. The van der Waals surface area contributed by atoms with Crippen LogP contribution in [-0.2, 0) is 14.3 Å². The van der Waals surface area contributed by atoms with Crippen molar-refractivity contribution in [2.24, 2.45) is 5.41 Å². The van der Waals surface area contributed by atoms with E-state index < -0.39 is 11.4 Å². The molecule has 1 aromatic carbocycles. The Hall–Kier alpha value is -2.04. The van der Waals surface area contributed by atoms with E-state index in [-0.39, 0.29) is 11.8 Å². The van der Waals surface area contributed by atoms with Gasteiger partial charge in [0.2, 0.25) is 5.91 Å². The van der Waals surface area contributed by atoms with Crippen LogP contribution in [0.5, 0.6) is 5.75 Å². The van der Waals surface area contributed by atoms with Gasteiger partial charge in [0.05, 0.1) is 14.2 Å². The summed E-state index contributed by atoms with van der Waals surface area (Å²) < 4.78 is 10.1. The highest BCUT2D eigenvalue weighted by atomic mass is 16.5. The summed E-state index contributed by atoms with van der Waals surface area (Å²) in [4.78, 5) is 26.9. The van der Waals surface area contributed by atoms with E-state index in [2.05, 4.69) is 0 Å². The lowest BCUT2D eigenvalue weighted by Crippen LogP contribution is -2.40. The second kappa shape index (κ2) is 5.63. The van der Waals surface area contributed by atoms with Gasteiger partial charge in [0, 0.05) is 19.0 Å². The molecule has 0 N–H and O–H groups in total. The molecule has 118 valence electrons. The van der Waals surface area contributed by atoms with Gasteiger partial charge in [0.15, 0.2) is 5.41 Å². The number of esters is 1. The number of benzene rings is 1. The molecule has 1 aliphatic carbocycles. The molecular weight excluding hydrogens is 282 g/mol. The molecule has 0 aromatic heterocycles. The highest BCUT2D eigenvalue weighted by molar-refractivity contribution is 6.07. The molecule has 1 amide bonds. The predicted molar refractivity (Wildman–Crippen MR) is 80.6 cm³/mol. The van der Waals surface area contributed by atoms with Gasteiger partial charge >= 0.3 is 5.97 Å². The molecular formula is C17H21NO4. The molecule has 0 unspecified atom stereocenters. The zero-order valence-electron chi connectivity index (χ0n) is 13.0. The molecule has 2 atom stereocenters. The Morgan fingerprint density at radius 3 is 2.32 bits per heavy atom. The standard InChI is InChI=1S/C17H21NO4/c1-21-13-7-5-12(6-8-13)14-11-17(14,16(20)22-2)15(19)18-9-3-4-10-18/h5-8,14H,3-4,9-11H2,1-2H3/t14-,17-/m1/s1. The van der Waals surface area contributed by atoms with Crippen LogP contribution >= 0.6 is 0 Å². The van der Waals surface area contributed by atoms with Gasteiger partial charge in [-0.2, -0.15) is 0 Å². The highest BCUT2D eigenvalue weighted by Crippen LogP contribution is 2.61. The van der Waals surface area contributed by atoms with E-state index in [9.17, 15) is 9.59 Å². The largest absolute Gasteiger partial charge is 0.497 e. The number of rotatable bonds is 4. The first-order chi connectivity index (χ1) is 10.6. The summed E-state index contributed by atoms with van der Waals surface area (Å²) in [5, 5.41) is 0. The molecule has 1 aliphatic heterocycles. The van der Waals surface area contributed by atoms with Crippen LogP contribution in [0.25, 0.3) is 0 Å². The van der Waals surface area contributed by atoms with Gasteiger partial charge in [-0.1, -0.05) is 12.1 Å². The molecule has 1 aromatic rings. The first-order valence-electron chi connectivity index (χ1n) is 7.65.